The van der Waals surface area contributed by atoms with Crippen molar-refractivity contribution < 1.29 is 24.6 Å². The molecule has 1 rings (SSSR count). The van der Waals surface area contributed by atoms with Crippen molar-refractivity contribution in [3.63, 3.8) is 0 Å². The van der Waals surface area contributed by atoms with Crippen LogP contribution in [-0.2, 0) is 20.7 Å². The van der Waals surface area contributed by atoms with E-state index in [-0.39, 0.29) is 12.2 Å². The van der Waals surface area contributed by atoms with Crippen molar-refractivity contribution >= 4 is 11.9 Å². The highest BCUT2D eigenvalue weighted by Gasteiger charge is 2.45. The second-order valence-electron chi connectivity index (χ2n) is 5.76. The number of carbonyl (C=O) groups is 2. The van der Waals surface area contributed by atoms with E-state index in [0.717, 1.165) is 0 Å². The van der Waals surface area contributed by atoms with Crippen molar-refractivity contribution in [1.82, 2.24) is 5.48 Å². The van der Waals surface area contributed by atoms with Gasteiger partial charge in [0.2, 0.25) is 0 Å². The number of ether oxygens (including phenoxy) is 1. The minimum absolute atomic E-state index is 0.0465. The molecule has 0 unspecified atom stereocenters. The van der Waals surface area contributed by atoms with E-state index in [0.29, 0.717) is 5.56 Å². The number of hydrogen-bond donors (Lipinski definition) is 4. The van der Waals surface area contributed by atoms with Crippen molar-refractivity contribution in [2.24, 2.45) is 5.73 Å². The number of carbonyl (C=O) groups excluding carboxylic acids is 2. The molecule has 0 fully saturated rings. The fourth-order valence-corrected chi connectivity index (χ4v) is 1.65. The number of esters is 1. The Morgan fingerprint density at radius 2 is 1.76 bits per heavy atom. The molecule has 0 heterocycles. The van der Waals surface area contributed by atoms with E-state index in [4.69, 9.17) is 15.7 Å². The molecular weight excluding hydrogens is 276 g/mol. The van der Waals surface area contributed by atoms with Crippen LogP contribution >= 0.6 is 0 Å². The van der Waals surface area contributed by atoms with Gasteiger partial charge in [0.15, 0.2) is 5.54 Å². The zero-order valence-electron chi connectivity index (χ0n) is 12.2. The highest BCUT2D eigenvalue weighted by molar-refractivity contribution is 6.07. The molecule has 21 heavy (non-hydrogen) atoms. The molecular formula is C14H20N2O5. The predicted molar refractivity (Wildman–Crippen MR) is 74.5 cm³/mol. The van der Waals surface area contributed by atoms with E-state index >= 15 is 0 Å². The lowest BCUT2D eigenvalue weighted by Crippen LogP contribution is -2.62. The number of nitrogens with one attached hydrogen (secondary N) is 1. The first-order valence-electron chi connectivity index (χ1n) is 6.33. The van der Waals surface area contributed by atoms with Crippen LogP contribution in [0.15, 0.2) is 24.3 Å². The monoisotopic (exact) mass is 296 g/mol. The van der Waals surface area contributed by atoms with E-state index in [1.54, 1.807) is 20.8 Å². The number of aromatic hydroxyl groups is 1. The zero-order valence-corrected chi connectivity index (χ0v) is 12.2. The van der Waals surface area contributed by atoms with Gasteiger partial charge in [0, 0.05) is 6.42 Å². The Kier molecular flexibility index (Phi) is 4.93. The second kappa shape index (κ2) is 6.11. The molecule has 0 saturated heterocycles. The molecule has 1 amide bonds. The van der Waals surface area contributed by atoms with Crippen LogP contribution in [0.4, 0.5) is 0 Å². The van der Waals surface area contributed by atoms with E-state index in [9.17, 15) is 14.7 Å². The molecule has 116 valence electrons. The van der Waals surface area contributed by atoms with Crippen molar-refractivity contribution in [1.29, 1.82) is 0 Å². The van der Waals surface area contributed by atoms with Gasteiger partial charge in [0.05, 0.1) is 0 Å². The van der Waals surface area contributed by atoms with Crippen LogP contribution in [0.1, 0.15) is 26.3 Å². The molecule has 0 aliphatic heterocycles. The molecule has 7 heteroatoms. The van der Waals surface area contributed by atoms with Crippen LogP contribution in [0, 0.1) is 0 Å². The molecule has 0 radical (unpaired) electrons. The summed E-state index contributed by atoms with van der Waals surface area (Å²) in [7, 11) is 0. The molecule has 7 nitrogen and oxygen atoms in total. The summed E-state index contributed by atoms with van der Waals surface area (Å²) < 4.78 is 5.14. The molecule has 0 saturated carbocycles. The van der Waals surface area contributed by atoms with Gasteiger partial charge in [0.1, 0.15) is 11.4 Å². The Morgan fingerprint density at radius 3 is 2.19 bits per heavy atom. The molecule has 0 aliphatic carbocycles. The van der Waals surface area contributed by atoms with E-state index < -0.39 is 23.0 Å². The van der Waals surface area contributed by atoms with E-state index in [1.807, 2.05) is 0 Å². The maximum Gasteiger partial charge on any atom is 0.336 e. The Morgan fingerprint density at radius 1 is 1.24 bits per heavy atom. The van der Waals surface area contributed by atoms with Crippen molar-refractivity contribution in [3.05, 3.63) is 29.8 Å². The van der Waals surface area contributed by atoms with Crippen LogP contribution in [-0.4, -0.2) is 33.3 Å². The summed E-state index contributed by atoms with van der Waals surface area (Å²) in [6.07, 6.45) is -0.186. The van der Waals surface area contributed by atoms with Gasteiger partial charge in [-0.05, 0) is 38.5 Å². The largest absolute Gasteiger partial charge is 0.508 e. The van der Waals surface area contributed by atoms with Crippen LogP contribution in [0.3, 0.4) is 0 Å². The van der Waals surface area contributed by atoms with Gasteiger partial charge in [-0.15, -0.1) is 0 Å². The topological polar surface area (TPSA) is 122 Å². The summed E-state index contributed by atoms with van der Waals surface area (Å²) in [5, 5.41) is 18.0. The Labute approximate surface area is 122 Å². The van der Waals surface area contributed by atoms with Crippen LogP contribution in [0.2, 0.25) is 0 Å². The minimum Gasteiger partial charge on any atom is -0.508 e. The normalized spacial score (nSPS) is 14.1. The highest BCUT2D eigenvalue weighted by Crippen LogP contribution is 2.19. The summed E-state index contributed by atoms with van der Waals surface area (Å²) in [6, 6.07) is 5.85. The molecule has 5 N–H and O–H groups in total. The van der Waals surface area contributed by atoms with Gasteiger partial charge in [-0.2, -0.15) is 0 Å². The van der Waals surface area contributed by atoms with E-state index in [2.05, 4.69) is 0 Å². The average molecular weight is 296 g/mol. The average Bonchev–Trinajstić information content (AvgIpc) is 2.38. The highest BCUT2D eigenvalue weighted by atomic mass is 16.6. The fraction of sp³-hybridized carbons (Fsp3) is 0.429. The van der Waals surface area contributed by atoms with E-state index in [1.165, 1.54) is 29.7 Å². The second-order valence-corrected chi connectivity index (χ2v) is 5.76. The number of phenolic OH excluding ortho intramolecular Hbond substituents is 1. The molecule has 0 aliphatic rings. The first-order valence-corrected chi connectivity index (χ1v) is 6.33. The number of benzene rings is 1. The fourth-order valence-electron chi connectivity index (χ4n) is 1.65. The lowest BCUT2D eigenvalue weighted by molar-refractivity contribution is -0.166. The lowest BCUT2D eigenvalue weighted by Gasteiger charge is -2.29. The van der Waals surface area contributed by atoms with Gasteiger partial charge in [-0.1, -0.05) is 12.1 Å². The van der Waals surface area contributed by atoms with Gasteiger partial charge >= 0.3 is 5.97 Å². The van der Waals surface area contributed by atoms with Gasteiger partial charge in [-0.3, -0.25) is 10.0 Å². The maximum absolute atomic E-state index is 12.2. The quantitative estimate of drug-likeness (QED) is 0.277. The Hall–Kier alpha value is -2.12. The third-order valence-corrected chi connectivity index (χ3v) is 2.69. The Bertz CT molecular complexity index is 521. The number of nitrogens with two attached hydrogens (primary N) is 1. The number of amides is 1. The van der Waals surface area contributed by atoms with Crippen LogP contribution in [0.5, 0.6) is 5.75 Å². The lowest BCUT2D eigenvalue weighted by atomic mass is 9.90. The number of hydrogen-bond acceptors (Lipinski definition) is 6. The summed E-state index contributed by atoms with van der Waals surface area (Å²) >= 11 is 0. The zero-order chi connectivity index (χ0) is 16.3. The summed E-state index contributed by atoms with van der Waals surface area (Å²) in [4.78, 5) is 24.0. The predicted octanol–water partition coefficient (Wildman–Crippen LogP) is 0.479. The number of hydroxylamine groups is 1. The summed E-state index contributed by atoms with van der Waals surface area (Å²) in [5.74, 6) is -1.97. The number of phenols is 1. The molecule has 1 aromatic rings. The first kappa shape index (κ1) is 16.9. The first-order chi connectivity index (χ1) is 9.58. The smallest absolute Gasteiger partial charge is 0.336 e. The molecule has 0 spiro atoms. The Balaban J connectivity index is 3.06. The minimum atomic E-state index is -2.07. The molecule has 1 atom stereocenters. The molecule has 0 aromatic heterocycles. The molecule has 1 aromatic carbocycles. The maximum atomic E-state index is 12.2. The van der Waals surface area contributed by atoms with Crippen LogP contribution in [0.25, 0.3) is 0 Å². The summed E-state index contributed by atoms with van der Waals surface area (Å²) in [5.41, 5.74) is 4.89. The SMILES string of the molecule is CC(C)(C)OC(=O)[C@](N)(Cc1ccc(O)cc1)C(=O)NO. The third kappa shape index (κ3) is 4.44. The van der Waals surface area contributed by atoms with Gasteiger partial charge in [0.25, 0.3) is 5.91 Å². The van der Waals surface area contributed by atoms with Crippen molar-refractivity contribution in [2.45, 2.75) is 38.3 Å². The van der Waals surface area contributed by atoms with Gasteiger partial charge < -0.3 is 15.6 Å². The van der Waals surface area contributed by atoms with Crippen LogP contribution < -0.4 is 11.2 Å². The third-order valence-electron chi connectivity index (χ3n) is 2.69. The van der Waals surface area contributed by atoms with Gasteiger partial charge in [-0.25, -0.2) is 10.3 Å². The molecule has 0 bridgehead atoms. The number of rotatable bonds is 4. The van der Waals surface area contributed by atoms with Crippen molar-refractivity contribution in [2.75, 3.05) is 0 Å². The summed E-state index contributed by atoms with van der Waals surface area (Å²) in [6.45, 7) is 4.92. The standard InChI is InChI=1S/C14H20N2O5/c1-13(2,3)21-12(19)14(15,11(18)16-20)8-9-4-6-10(17)7-5-9/h4-7,17,20H,8,15H2,1-3H3,(H,16,18)/t14-/m0/s1. The van der Waals surface area contributed by atoms with Crippen molar-refractivity contribution in [3.8, 4) is 5.75 Å².